The van der Waals surface area contributed by atoms with E-state index in [2.05, 4.69) is 22.0 Å². The van der Waals surface area contributed by atoms with Crippen molar-refractivity contribution >= 4 is 5.69 Å². The van der Waals surface area contributed by atoms with Crippen LogP contribution >= 0.6 is 0 Å². The van der Waals surface area contributed by atoms with Crippen LogP contribution in [-0.2, 0) is 0 Å². The first-order valence-corrected chi connectivity index (χ1v) is 7.82. The van der Waals surface area contributed by atoms with Gasteiger partial charge in [-0.15, -0.1) is 0 Å². The van der Waals surface area contributed by atoms with Crippen LogP contribution in [0.3, 0.4) is 0 Å². The predicted octanol–water partition coefficient (Wildman–Crippen LogP) is 3.59. The summed E-state index contributed by atoms with van der Waals surface area (Å²) in [5.41, 5.74) is 3.77. The lowest BCUT2D eigenvalue weighted by atomic mass is 9.75. The molecule has 1 aliphatic heterocycles. The van der Waals surface area contributed by atoms with Gasteiger partial charge in [-0.2, -0.15) is 5.26 Å². The molecule has 0 bridgehead atoms. The summed E-state index contributed by atoms with van der Waals surface area (Å²) in [6.45, 7) is 6.19. The molecular formula is C17H23N3. The minimum atomic E-state index is 0.768. The summed E-state index contributed by atoms with van der Waals surface area (Å²) >= 11 is 0. The normalized spacial score (nSPS) is 25.9. The number of nitrogens with zero attached hydrogens (tertiary/aromatic N) is 3. The summed E-state index contributed by atoms with van der Waals surface area (Å²) in [4.78, 5) is 6.87. The molecule has 0 spiro atoms. The lowest BCUT2D eigenvalue weighted by molar-refractivity contribution is 0.202. The van der Waals surface area contributed by atoms with Crippen molar-refractivity contribution in [1.29, 1.82) is 5.26 Å². The molecule has 2 aliphatic rings. The molecule has 2 atom stereocenters. The summed E-state index contributed by atoms with van der Waals surface area (Å²) in [7, 11) is 0. The number of rotatable bonds is 1. The van der Waals surface area contributed by atoms with Gasteiger partial charge in [0.25, 0.3) is 0 Å². The monoisotopic (exact) mass is 269 g/mol. The lowest BCUT2D eigenvalue weighted by Crippen LogP contribution is -2.42. The van der Waals surface area contributed by atoms with Crippen LogP contribution in [0.25, 0.3) is 0 Å². The Morgan fingerprint density at radius 1 is 1.20 bits per heavy atom. The molecule has 20 heavy (non-hydrogen) atoms. The van der Waals surface area contributed by atoms with Crippen LogP contribution < -0.4 is 4.90 Å². The van der Waals surface area contributed by atoms with Crippen LogP contribution in [0.2, 0.25) is 0 Å². The van der Waals surface area contributed by atoms with Crippen molar-refractivity contribution in [2.75, 3.05) is 18.0 Å². The summed E-state index contributed by atoms with van der Waals surface area (Å²) in [6, 6.07) is 4.45. The number of pyridine rings is 1. The maximum Gasteiger partial charge on any atom is 0.103 e. The van der Waals surface area contributed by atoms with Crippen molar-refractivity contribution in [3.63, 3.8) is 0 Å². The minimum absolute atomic E-state index is 0.768. The summed E-state index contributed by atoms with van der Waals surface area (Å²) in [5, 5.41) is 9.44. The van der Waals surface area contributed by atoms with E-state index in [-0.39, 0.29) is 0 Å². The third kappa shape index (κ3) is 2.40. The number of piperidine rings is 1. The standard InChI is InChI=1S/C17H23N3/c1-12-9-17(16(10-18)13(2)19-12)20-8-7-14-5-3-4-6-15(14)11-20/h9,14-15H,3-8,11H2,1-2H3. The van der Waals surface area contributed by atoms with Gasteiger partial charge in [0, 0.05) is 18.8 Å². The van der Waals surface area contributed by atoms with E-state index < -0.39 is 0 Å². The smallest absolute Gasteiger partial charge is 0.103 e. The Morgan fingerprint density at radius 2 is 1.95 bits per heavy atom. The zero-order valence-electron chi connectivity index (χ0n) is 12.5. The quantitative estimate of drug-likeness (QED) is 0.782. The van der Waals surface area contributed by atoms with Gasteiger partial charge in [-0.3, -0.25) is 4.98 Å². The highest BCUT2D eigenvalue weighted by atomic mass is 15.1. The summed E-state index contributed by atoms with van der Waals surface area (Å²) < 4.78 is 0. The first kappa shape index (κ1) is 13.4. The Labute approximate surface area is 121 Å². The fraction of sp³-hybridized carbons (Fsp3) is 0.647. The summed E-state index contributed by atoms with van der Waals surface area (Å²) in [5.74, 6) is 1.76. The zero-order valence-corrected chi connectivity index (χ0v) is 12.5. The highest BCUT2D eigenvalue weighted by Gasteiger charge is 2.32. The Kier molecular flexibility index (Phi) is 3.65. The lowest BCUT2D eigenvalue weighted by Gasteiger charge is -2.42. The first-order chi connectivity index (χ1) is 9.69. The summed E-state index contributed by atoms with van der Waals surface area (Å²) in [6.07, 6.45) is 6.87. The molecule has 106 valence electrons. The van der Waals surface area contributed by atoms with E-state index in [1.165, 1.54) is 32.1 Å². The molecule has 0 radical (unpaired) electrons. The van der Waals surface area contributed by atoms with Gasteiger partial charge in [-0.1, -0.05) is 19.3 Å². The zero-order chi connectivity index (χ0) is 14.1. The van der Waals surface area contributed by atoms with E-state index in [1.54, 1.807) is 0 Å². The average molecular weight is 269 g/mol. The highest BCUT2D eigenvalue weighted by molar-refractivity contribution is 5.61. The van der Waals surface area contributed by atoms with Crippen molar-refractivity contribution in [1.82, 2.24) is 4.98 Å². The molecular weight excluding hydrogens is 246 g/mol. The van der Waals surface area contributed by atoms with Gasteiger partial charge in [0.15, 0.2) is 0 Å². The van der Waals surface area contributed by atoms with E-state index in [0.717, 1.165) is 47.6 Å². The average Bonchev–Trinajstić information content (AvgIpc) is 2.46. The number of nitriles is 1. The van der Waals surface area contributed by atoms with E-state index in [4.69, 9.17) is 0 Å². The van der Waals surface area contributed by atoms with E-state index in [0.29, 0.717) is 0 Å². The van der Waals surface area contributed by atoms with E-state index in [9.17, 15) is 5.26 Å². The molecule has 3 heteroatoms. The Balaban J connectivity index is 1.88. The molecule has 3 nitrogen and oxygen atoms in total. The van der Waals surface area contributed by atoms with Gasteiger partial charge in [-0.05, 0) is 44.6 Å². The van der Waals surface area contributed by atoms with Gasteiger partial charge < -0.3 is 4.90 Å². The van der Waals surface area contributed by atoms with Crippen molar-refractivity contribution in [2.45, 2.75) is 46.0 Å². The van der Waals surface area contributed by atoms with Gasteiger partial charge in [0.05, 0.1) is 16.9 Å². The van der Waals surface area contributed by atoms with Crippen molar-refractivity contribution in [3.05, 3.63) is 23.0 Å². The maximum absolute atomic E-state index is 9.44. The SMILES string of the molecule is Cc1cc(N2CCC3CCCCC3C2)c(C#N)c(C)n1. The van der Waals surface area contributed by atoms with Gasteiger partial charge in [0.1, 0.15) is 6.07 Å². The first-order valence-electron chi connectivity index (χ1n) is 7.82. The topological polar surface area (TPSA) is 39.9 Å². The molecule has 3 rings (SSSR count). The van der Waals surface area contributed by atoms with Crippen LogP contribution in [0.1, 0.15) is 49.1 Å². The number of hydrogen-bond donors (Lipinski definition) is 0. The Hall–Kier alpha value is -1.56. The second kappa shape index (κ2) is 5.44. The number of hydrogen-bond acceptors (Lipinski definition) is 3. The largest absolute Gasteiger partial charge is 0.370 e. The molecule has 0 N–H and O–H groups in total. The molecule has 0 amide bonds. The van der Waals surface area contributed by atoms with Crippen molar-refractivity contribution in [3.8, 4) is 6.07 Å². The second-order valence-corrected chi connectivity index (χ2v) is 6.39. The molecule has 1 aromatic heterocycles. The van der Waals surface area contributed by atoms with E-state index in [1.807, 2.05) is 13.8 Å². The van der Waals surface area contributed by atoms with Crippen LogP contribution in [0.15, 0.2) is 6.07 Å². The molecule has 0 aromatic carbocycles. The molecule has 1 saturated carbocycles. The molecule has 2 fully saturated rings. The number of aromatic nitrogens is 1. The number of aryl methyl sites for hydroxylation is 2. The molecule has 2 unspecified atom stereocenters. The predicted molar refractivity (Wildman–Crippen MR) is 80.7 cm³/mol. The van der Waals surface area contributed by atoms with Crippen molar-refractivity contribution in [2.24, 2.45) is 11.8 Å². The van der Waals surface area contributed by atoms with Crippen LogP contribution in [-0.4, -0.2) is 18.1 Å². The Bertz CT molecular complexity index is 544. The second-order valence-electron chi connectivity index (χ2n) is 6.39. The van der Waals surface area contributed by atoms with Crippen molar-refractivity contribution < 1.29 is 0 Å². The van der Waals surface area contributed by atoms with Crippen LogP contribution in [0.4, 0.5) is 5.69 Å². The third-order valence-electron chi connectivity index (χ3n) is 5.05. The van der Waals surface area contributed by atoms with Crippen LogP contribution in [0.5, 0.6) is 0 Å². The Morgan fingerprint density at radius 3 is 2.70 bits per heavy atom. The van der Waals surface area contributed by atoms with Gasteiger partial charge >= 0.3 is 0 Å². The highest BCUT2D eigenvalue weighted by Crippen LogP contribution is 2.38. The molecule has 2 heterocycles. The minimum Gasteiger partial charge on any atom is -0.370 e. The maximum atomic E-state index is 9.44. The van der Waals surface area contributed by atoms with Gasteiger partial charge in [0.2, 0.25) is 0 Å². The van der Waals surface area contributed by atoms with E-state index >= 15 is 0 Å². The fourth-order valence-electron chi connectivity index (χ4n) is 4.02. The van der Waals surface area contributed by atoms with Crippen LogP contribution in [0, 0.1) is 37.0 Å². The number of anilines is 1. The molecule has 1 saturated heterocycles. The number of fused-ring (bicyclic) bond motifs is 1. The molecule has 1 aromatic rings. The third-order valence-corrected chi connectivity index (χ3v) is 5.05. The molecule has 1 aliphatic carbocycles. The van der Waals surface area contributed by atoms with Gasteiger partial charge in [-0.25, -0.2) is 0 Å². The fourth-order valence-corrected chi connectivity index (χ4v) is 4.02.